The summed E-state index contributed by atoms with van der Waals surface area (Å²) in [5.41, 5.74) is 1.35. The lowest BCUT2D eigenvalue weighted by molar-refractivity contribution is -0.134. The lowest BCUT2D eigenvalue weighted by Crippen LogP contribution is -2.50. The Morgan fingerprint density at radius 2 is 1.81 bits per heavy atom. The zero-order chi connectivity index (χ0) is 22.4. The largest absolute Gasteiger partial charge is 0.444 e. The van der Waals surface area contributed by atoms with Crippen LogP contribution in [0, 0.1) is 11.8 Å². The third kappa shape index (κ3) is 6.83. The summed E-state index contributed by atoms with van der Waals surface area (Å²) in [6.07, 6.45) is 1.44. The summed E-state index contributed by atoms with van der Waals surface area (Å²) in [7, 11) is 0. The van der Waals surface area contributed by atoms with Crippen LogP contribution in [0.25, 0.3) is 0 Å². The zero-order valence-electron chi connectivity index (χ0n) is 18.6. The summed E-state index contributed by atoms with van der Waals surface area (Å²) in [5.74, 6) is 5.69. The molecule has 0 aromatic heterocycles. The van der Waals surface area contributed by atoms with E-state index in [0.29, 0.717) is 25.9 Å². The van der Waals surface area contributed by atoms with Gasteiger partial charge >= 0.3 is 6.09 Å². The smallest absolute Gasteiger partial charge is 0.410 e. The van der Waals surface area contributed by atoms with Gasteiger partial charge in [0.25, 0.3) is 0 Å². The highest BCUT2D eigenvalue weighted by Gasteiger charge is 2.28. The zero-order valence-corrected chi connectivity index (χ0v) is 18.6. The molecule has 0 spiro atoms. The fraction of sp³-hybridized carbons (Fsp3) is 0.542. The molecule has 0 aliphatic carbocycles. The third-order valence-corrected chi connectivity index (χ3v) is 5.36. The topological polar surface area (TPSA) is 79.0 Å². The van der Waals surface area contributed by atoms with Crippen LogP contribution in [0.15, 0.2) is 24.3 Å². The van der Waals surface area contributed by atoms with Crippen LogP contribution < -0.4 is 5.32 Å². The summed E-state index contributed by atoms with van der Waals surface area (Å²) in [6.45, 7) is 9.48. The molecular weight excluding hydrogens is 394 g/mol. The Morgan fingerprint density at radius 1 is 1.13 bits per heavy atom. The van der Waals surface area contributed by atoms with Crippen LogP contribution in [0.3, 0.4) is 0 Å². The number of hydrogen-bond acceptors (Lipinski definition) is 5. The molecule has 31 heavy (non-hydrogen) atoms. The van der Waals surface area contributed by atoms with E-state index in [1.165, 1.54) is 0 Å². The van der Waals surface area contributed by atoms with E-state index in [1.807, 2.05) is 45.0 Å². The van der Waals surface area contributed by atoms with Crippen molar-refractivity contribution in [3.05, 3.63) is 35.4 Å². The highest BCUT2D eigenvalue weighted by Crippen LogP contribution is 2.24. The van der Waals surface area contributed by atoms with Gasteiger partial charge in [-0.05, 0) is 44.9 Å². The monoisotopic (exact) mass is 425 g/mol. The van der Waals surface area contributed by atoms with E-state index in [4.69, 9.17) is 4.74 Å². The maximum atomic E-state index is 12.1. The fourth-order valence-electron chi connectivity index (χ4n) is 3.67. The molecule has 1 aromatic rings. The minimum Gasteiger partial charge on any atom is -0.444 e. The minimum atomic E-state index is -0.468. The first kappa shape index (κ1) is 22.8. The van der Waals surface area contributed by atoms with Crippen molar-refractivity contribution in [2.45, 2.75) is 51.6 Å². The van der Waals surface area contributed by atoms with Crippen molar-refractivity contribution >= 4 is 17.9 Å². The molecule has 0 radical (unpaired) electrons. The number of hydrogen-bond donors (Lipinski definition) is 1. The maximum Gasteiger partial charge on any atom is 0.410 e. The molecule has 0 saturated carbocycles. The van der Waals surface area contributed by atoms with Gasteiger partial charge in [-0.2, -0.15) is 0 Å². The van der Waals surface area contributed by atoms with Crippen LogP contribution in [0.1, 0.15) is 57.1 Å². The second-order valence-corrected chi connectivity index (χ2v) is 8.99. The second-order valence-electron chi connectivity index (χ2n) is 8.99. The average molecular weight is 426 g/mol. The molecule has 2 aliphatic heterocycles. The number of amides is 3. The first-order chi connectivity index (χ1) is 14.7. The summed E-state index contributed by atoms with van der Waals surface area (Å²) in [5, 5.41) is 2.40. The van der Waals surface area contributed by atoms with Gasteiger partial charge in [-0.3, -0.25) is 19.8 Å². The van der Waals surface area contributed by atoms with Crippen LogP contribution in [-0.4, -0.2) is 66.0 Å². The van der Waals surface area contributed by atoms with E-state index >= 15 is 0 Å². The van der Waals surface area contributed by atoms with Crippen LogP contribution >= 0.6 is 0 Å². The number of piperazine rings is 1. The number of nitrogens with zero attached hydrogens (tertiary/aromatic N) is 2. The van der Waals surface area contributed by atoms with Crippen LogP contribution in [0.4, 0.5) is 4.79 Å². The molecule has 2 heterocycles. The predicted octanol–water partition coefficient (Wildman–Crippen LogP) is 2.50. The van der Waals surface area contributed by atoms with Crippen molar-refractivity contribution in [3.8, 4) is 11.8 Å². The second kappa shape index (κ2) is 9.97. The van der Waals surface area contributed by atoms with E-state index < -0.39 is 5.60 Å². The van der Waals surface area contributed by atoms with E-state index in [0.717, 1.165) is 37.2 Å². The normalized spacial score (nSPS) is 20.0. The molecule has 1 N–H and O–H groups in total. The van der Waals surface area contributed by atoms with E-state index in [9.17, 15) is 14.4 Å². The molecule has 7 heteroatoms. The Morgan fingerprint density at radius 3 is 2.42 bits per heavy atom. The molecule has 0 bridgehead atoms. The van der Waals surface area contributed by atoms with Crippen molar-refractivity contribution in [3.63, 3.8) is 0 Å². The predicted molar refractivity (Wildman–Crippen MR) is 117 cm³/mol. The van der Waals surface area contributed by atoms with E-state index in [2.05, 4.69) is 22.1 Å². The van der Waals surface area contributed by atoms with Gasteiger partial charge in [0, 0.05) is 51.1 Å². The number of rotatable bonds is 3. The van der Waals surface area contributed by atoms with Gasteiger partial charge in [0.05, 0.1) is 5.92 Å². The molecule has 3 rings (SSSR count). The molecule has 1 unspecified atom stereocenters. The van der Waals surface area contributed by atoms with Gasteiger partial charge in [0.2, 0.25) is 11.8 Å². The number of carbonyl (C=O) groups is 3. The first-order valence-corrected chi connectivity index (χ1v) is 10.8. The van der Waals surface area contributed by atoms with Crippen LogP contribution in [-0.2, 0) is 14.3 Å². The standard InChI is InChI=1S/C24H31N3O4/c1-24(2,3)31-23(30)27-16-14-26(15-17-27)13-5-4-6-18-7-9-19(10-8-18)20-11-12-21(28)25-22(20)29/h7-10,20H,5,11-17H2,1-3H3,(H,25,28,29). The van der Waals surface area contributed by atoms with Crippen molar-refractivity contribution < 1.29 is 19.1 Å². The molecular formula is C24H31N3O4. The number of imide groups is 1. The van der Waals surface area contributed by atoms with Gasteiger partial charge in [0.1, 0.15) is 5.60 Å². The number of carbonyl (C=O) groups excluding carboxylic acids is 3. The Balaban J connectivity index is 1.41. The van der Waals surface area contributed by atoms with Crippen LogP contribution in [0.2, 0.25) is 0 Å². The van der Waals surface area contributed by atoms with Gasteiger partial charge in [0.15, 0.2) is 0 Å². The molecule has 2 saturated heterocycles. The highest BCUT2D eigenvalue weighted by molar-refractivity contribution is 6.00. The molecule has 7 nitrogen and oxygen atoms in total. The Bertz CT molecular complexity index is 869. The summed E-state index contributed by atoms with van der Waals surface area (Å²) in [4.78, 5) is 39.5. The first-order valence-electron chi connectivity index (χ1n) is 10.8. The highest BCUT2D eigenvalue weighted by atomic mass is 16.6. The molecule has 2 fully saturated rings. The number of piperidine rings is 1. The molecule has 2 aliphatic rings. The Hall–Kier alpha value is -2.85. The van der Waals surface area contributed by atoms with Gasteiger partial charge in [-0.15, -0.1) is 0 Å². The van der Waals surface area contributed by atoms with Crippen molar-refractivity contribution in [2.24, 2.45) is 0 Å². The number of benzene rings is 1. The van der Waals surface area contributed by atoms with E-state index in [-0.39, 0.29) is 23.8 Å². The number of nitrogens with one attached hydrogen (secondary N) is 1. The van der Waals surface area contributed by atoms with Crippen molar-refractivity contribution in [1.29, 1.82) is 0 Å². The lowest BCUT2D eigenvalue weighted by atomic mass is 9.90. The van der Waals surface area contributed by atoms with Crippen molar-refractivity contribution in [2.75, 3.05) is 32.7 Å². The summed E-state index contributed by atoms with van der Waals surface area (Å²) < 4.78 is 5.43. The molecule has 166 valence electrons. The van der Waals surface area contributed by atoms with Gasteiger partial charge in [-0.1, -0.05) is 24.0 Å². The third-order valence-electron chi connectivity index (χ3n) is 5.36. The molecule has 3 amide bonds. The SMILES string of the molecule is CC(C)(C)OC(=O)N1CCN(CCC#Cc2ccc(C3CCC(=O)NC3=O)cc2)CC1. The molecule has 1 aromatic carbocycles. The van der Waals surface area contributed by atoms with Gasteiger partial charge in [-0.25, -0.2) is 4.79 Å². The quantitative estimate of drug-likeness (QED) is 0.595. The van der Waals surface area contributed by atoms with Crippen molar-refractivity contribution in [1.82, 2.24) is 15.1 Å². The Labute approximate surface area is 184 Å². The summed E-state index contributed by atoms with van der Waals surface area (Å²) >= 11 is 0. The van der Waals surface area contributed by atoms with Gasteiger partial charge < -0.3 is 9.64 Å². The maximum absolute atomic E-state index is 12.1. The fourth-order valence-corrected chi connectivity index (χ4v) is 3.67. The Kier molecular flexibility index (Phi) is 7.34. The van der Waals surface area contributed by atoms with Crippen LogP contribution in [0.5, 0.6) is 0 Å². The molecule has 1 atom stereocenters. The van der Waals surface area contributed by atoms with E-state index in [1.54, 1.807) is 4.90 Å². The number of ether oxygens (including phenoxy) is 1. The lowest BCUT2D eigenvalue weighted by Gasteiger charge is -2.35. The average Bonchev–Trinajstić information content (AvgIpc) is 2.71. The minimum absolute atomic E-state index is 0.199. The summed E-state index contributed by atoms with van der Waals surface area (Å²) in [6, 6.07) is 7.68.